The summed E-state index contributed by atoms with van der Waals surface area (Å²) in [6.45, 7) is 11.5. The normalized spacial score (nSPS) is 14.4. The van der Waals surface area contributed by atoms with Gasteiger partial charge in [-0.1, -0.05) is 86.6 Å². The molecule has 4 nitrogen and oxygen atoms in total. The van der Waals surface area contributed by atoms with E-state index in [1.54, 1.807) is 0 Å². The summed E-state index contributed by atoms with van der Waals surface area (Å²) in [6.07, 6.45) is 0. The topological polar surface area (TPSA) is 67.8 Å². The lowest BCUT2D eigenvalue weighted by atomic mass is 9.80. The van der Waals surface area contributed by atoms with Crippen LogP contribution in [0.25, 0.3) is 0 Å². The predicted molar refractivity (Wildman–Crippen MR) is 115 cm³/mol. The molecular formula is C22H32N2O2Si. The number of hydrogen-bond acceptors (Lipinski definition) is 3. The first kappa shape index (κ1) is 21.2. The Morgan fingerprint density at radius 2 is 1.44 bits per heavy atom. The number of amidine groups is 1. The number of nitrogens with two attached hydrogens (primary N) is 1. The van der Waals surface area contributed by atoms with Gasteiger partial charge in [0.15, 0.2) is 8.32 Å². The van der Waals surface area contributed by atoms with E-state index < -0.39 is 8.32 Å². The Balaban J connectivity index is 2.44. The molecular weight excluding hydrogens is 352 g/mol. The summed E-state index contributed by atoms with van der Waals surface area (Å²) in [7, 11) is -1.97. The fourth-order valence-corrected chi connectivity index (χ4v) is 3.95. The average molecular weight is 385 g/mol. The highest BCUT2D eigenvalue weighted by atomic mass is 28.4. The molecule has 2 aromatic carbocycles. The van der Waals surface area contributed by atoms with E-state index in [1.165, 1.54) is 0 Å². The Kier molecular flexibility index (Phi) is 6.84. The number of nitrogens with zero attached hydrogens (tertiary/aromatic N) is 1. The molecule has 0 bridgehead atoms. The molecule has 0 saturated carbocycles. The quantitative estimate of drug-likeness (QED) is 0.227. The molecule has 2 aromatic rings. The Hall–Kier alpha value is -2.11. The van der Waals surface area contributed by atoms with E-state index in [-0.39, 0.29) is 22.7 Å². The fraction of sp³-hybridized carbons (Fsp3) is 0.409. The van der Waals surface area contributed by atoms with Crippen LogP contribution in [0.3, 0.4) is 0 Å². The summed E-state index contributed by atoms with van der Waals surface area (Å²) in [6, 6.07) is 20.4. The average Bonchev–Trinajstić information content (AvgIpc) is 2.65. The molecule has 0 aliphatic carbocycles. The highest BCUT2D eigenvalue weighted by Crippen LogP contribution is 2.39. The second-order valence-electron chi connectivity index (χ2n) is 8.50. The van der Waals surface area contributed by atoms with Crippen molar-refractivity contribution >= 4 is 14.2 Å². The molecule has 1 unspecified atom stereocenters. The Morgan fingerprint density at radius 3 is 1.81 bits per heavy atom. The molecule has 0 spiro atoms. The molecule has 0 fully saturated rings. The minimum absolute atomic E-state index is 0.0481. The van der Waals surface area contributed by atoms with Gasteiger partial charge in [0.1, 0.15) is 5.84 Å². The molecule has 0 amide bonds. The predicted octanol–water partition coefficient (Wildman–Crippen LogP) is 5.20. The van der Waals surface area contributed by atoms with Crippen molar-refractivity contribution in [1.82, 2.24) is 0 Å². The zero-order valence-electron chi connectivity index (χ0n) is 17.0. The number of oxime groups is 1. The van der Waals surface area contributed by atoms with E-state index in [0.717, 1.165) is 11.1 Å². The summed E-state index contributed by atoms with van der Waals surface area (Å²) in [5.74, 6) is -0.103. The third-order valence-electron chi connectivity index (χ3n) is 5.65. The number of benzene rings is 2. The maximum atomic E-state index is 9.46. The van der Waals surface area contributed by atoms with Crippen molar-refractivity contribution in [3.63, 3.8) is 0 Å². The van der Waals surface area contributed by atoms with Crippen LogP contribution < -0.4 is 5.73 Å². The van der Waals surface area contributed by atoms with Crippen LogP contribution in [-0.4, -0.2) is 26.0 Å². The smallest absolute Gasteiger partial charge is 0.192 e. The lowest BCUT2D eigenvalue weighted by Crippen LogP contribution is -2.44. The third kappa shape index (κ3) is 5.21. The molecule has 2 rings (SSSR count). The Bertz CT molecular complexity index is 700. The fourth-order valence-electron chi connectivity index (χ4n) is 2.92. The summed E-state index contributed by atoms with van der Waals surface area (Å²) in [4.78, 5) is 0. The van der Waals surface area contributed by atoms with Gasteiger partial charge in [-0.25, -0.2) is 0 Å². The van der Waals surface area contributed by atoms with E-state index in [4.69, 9.17) is 10.2 Å². The van der Waals surface area contributed by atoms with Gasteiger partial charge in [0, 0.05) is 12.5 Å². The lowest BCUT2D eigenvalue weighted by Gasteiger charge is -2.38. The highest BCUT2D eigenvalue weighted by Gasteiger charge is 2.39. The van der Waals surface area contributed by atoms with Crippen LogP contribution in [0.15, 0.2) is 65.8 Å². The van der Waals surface area contributed by atoms with Crippen molar-refractivity contribution in [1.29, 1.82) is 0 Å². The largest absolute Gasteiger partial charge is 0.416 e. The first-order valence-electron chi connectivity index (χ1n) is 9.38. The van der Waals surface area contributed by atoms with E-state index in [1.807, 2.05) is 36.4 Å². The molecule has 5 heteroatoms. The first-order valence-corrected chi connectivity index (χ1v) is 12.3. The maximum Gasteiger partial charge on any atom is 0.192 e. The van der Waals surface area contributed by atoms with Gasteiger partial charge in [-0.3, -0.25) is 0 Å². The van der Waals surface area contributed by atoms with Gasteiger partial charge in [-0.15, -0.1) is 0 Å². The van der Waals surface area contributed by atoms with Gasteiger partial charge in [0.05, 0.1) is 5.92 Å². The second-order valence-corrected chi connectivity index (χ2v) is 13.3. The third-order valence-corrected chi connectivity index (χ3v) is 10.1. The summed E-state index contributed by atoms with van der Waals surface area (Å²) in [5, 5.41) is 12.9. The summed E-state index contributed by atoms with van der Waals surface area (Å²) < 4.78 is 6.47. The van der Waals surface area contributed by atoms with Gasteiger partial charge in [-0.2, -0.15) is 0 Å². The molecule has 27 heavy (non-hydrogen) atoms. The van der Waals surface area contributed by atoms with E-state index in [0.29, 0.717) is 6.61 Å². The molecule has 0 aromatic heterocycles. The van der Waals surface area contributed by atoms with Crippen molar-refractivity contribution < 1.29 is 9.63 Å². The van der Waals surface area contributed by atoms with Crippen molar-refractivity contribution in [3.05, 3.63) is 71.8 Å². The Morgan fingerprint density at radius 1 is 1.00 bits per heavy atom. The van der Waals surface area contributed by atoms with Crippen LogP contribution in [0.4, 0.5) is 0 Å². The highest BCUT2D eigenvalue weighted by molar-refractivity contribution is 6.74. The molecule has 1 atom stereocenters. The van der Waals surface area contributed by atoms with Crippen LogP contribution in [0.5, 0.6) is 0 Å². The van der Waals surface area contributed by atoms with Crippen LogP contribution in [-0.2, 0) is 4.43 Å². The minimum atomic E-state index is -1.97. The van der Waals surface area contributed by atoms with Gasteiger partial charge in [0.2, 0.25) is 0 Å². The van der Waals surface area contributed by atoms with Gasteiger partial charge >= 0.3 is 0 Å². The van der Waals surface area contributed by atoms with E-state index >= 15 is 0 Å². The van der Waals surface area contributed by atoms with Gasteiger partial charge in [-0.05, 0) is 29.3 Å². The first-order chi connectivity index (χ1) is 12.7. The molecule has 3 N–H and O–H groups in total. The van der Waals surface area contributed by atoms with Crippen molar-refractivity contribution in [2.24, 2.45) is 16.8 Å². The van der Waals surface area contributed by atoms with E-state index in [9.17, 15) is 5.21 Å². The minimum Gasteiger partial charge on any atom is -0.416 e. The zero-order valence-corrected chi connectivity index (χ0v) is 18.0. The molecule has 0 aliphatic heterocycles. The summed E-state index contributed by atoms with van der Waals surface area (Å²) >= 11 is 0. The van der Waals surface area contributed by atoms with Crippen LogP contribution in [0, 0.1) is 5.92 Å². The molecule has 0 heterocycles. The summed E-state index contributed by atoms with van der Waals surface area (Å²) in [5.41, 5.74) is 8.42. The second kappa shape index (κ2) is 8.72. The number of hydrogen-bond donors (Lipinski definition) is 2. The number of rotatable bonds is 7. The zero-order chi connectivity index (χ0) is 20.1. The van der Waals surface area contributed by atoms with Crippen molar-refractivity contribution in [2.45, 2.75) is 44.8 Å². The van der Waals surface area contributed by atoms with Gasteiger partial charge in [0.25, 0.3) is 0 Å². The molecule has 0 aliphatic rings. The van der Waals surface area contributed by atoms with Gasteiger partial charge < -0.3 is 15.4 Å². The monoisotopic (exact) mass is 384 g/mol. The van der Waals surface area contributed by atoms with Crippen molar-refractivity contribution in [2.75, 3.05) is 6.61 Å². The Labute approximate surface area is 164 Å². The molecule has 0 saturated heterocycles. The standard InChI is InChI=1S/C22H32N2O2Si/c1-22(2,3)27(4,5)26-16-19(21(23)24-25)20(17-12-8-6-9-13-17)18-14-10-7-11-15-18/h6-15,19-20,25H,16H2,1-5H3,(H2,23,24). The van der Waals surface area contributed by atoms with Crippen LogP contribution in [0.1, 0.15) is 37.8 Å². The molecule has 146 valence electrons. The molecule has 0 radical (unpaired) electrons. The lowest BCUT2D eigenvalue weighted by molar-refractivity contribution is 0.242. The van der Waals surface area contributed by atoms with Crippen molar-refractivity contribution in [3.8, 4) is 0 Å². The van der Waals surface area contributed by atoms with Crippen LogP contribution >= 0.6 is 0 Å². The maximum absolute atomic E-state index is 9.46. The van der Waals surface area contributed by atoms with Crippen LogP contribution in [0.2, 0.25) is 18.1 Å². The van der Waals surface area contributed by atoms with E-state index in [2.05, 4.69) is 63.3 Å². The SMILES string of the molecule is CC(C)(C)[Si](C)(C)OCC(C(N)=NO)C(c1ccccc1)c1ccccc1.